The third-order valence-corrected chi connectivity index (χ3v) is 1.80. The summed E-state index contributed by atoms with van der Waals surface area (Å²) in [5, 5.41) is 2.46. The molecule has 4 nitrogen and oxygen atoms in total. The zero-order valence-corrected chi connectivity index (χ0v) is 8.73. The van der Waals surface area contributed by atoms with Crippen molar-refractivity contribution in [1.82, 2.24) is 10.2 Å². The van der Waals surface area contributed by atoms with Crippen molar-refractivity contribution in [3.63, 3.8) is 0 Å². The number of likely N-dealkylation sites (N-methyl/N-ethyl adjacent to an activating group) is 1. The van der Waals surface area contributed by atoms with Crippen LogP contribution in [-0.4, -0.2) is 42.7 Å². The summed E-state index contributed by atoms with van der Waals surface area (Å²) in [5.41, 5.74) is 0. The minimum Gasteiger partial charge on any atom is -0.358 e. The monoisotopic (exact) mass is 206 g/mol. The van der Waals surface area contributed by atoms with E-state index in [1.165, 1.54) is 11.9 Å². The Morgan fingerprint density at radius 3 is 2.46 bits per heavy atom. The van der Waals surface area contributed by atoms with E-state index in [9.17, 15) is 9.59 Å². The van der Waals surface area contributed by atoms with E-state index >= 15 is 0 Å². The second kappa shape index (κ2) is 6.71. The summed E-state index contributed by atoms with van der Waals surface area (Å²) in [6.45, 7) is 2.60. The van der Waals surface area contributed by atoms with Crippen molar-refractivity contribution in [2.24, 2.45) is 0 Å². The van der Waals surface area contributed by atoms with Crippen molar-refractivity contribution >= 4 is 23.4 Å². The number of hydrogen-bond donors (Lipinski definition) is 1. The van der Waals surface area contributed by atoms with Gasteiger partial charge in [0, 0.05) is 13.6 Å². The predicted octanol–water partition coefficient (Wildman–Crippen LogP) is 0.210. The summed E-state index contributed by atoms with van der Waals surface area (Å²) >= 11 is 5.39. The third kappa shape index (κ3) is 4.72. The molecule has 0 fully saturated rings. The highest BCUT2D eigenvalue weighted by atomic mass is 35.5. The van der Waals surface area contributed by atoms with Gasteiger partial charge in [-0.25, -0.2) is 0 Å². The molecule has 0 aliphatic carbocycles. The molecule has 0 rings (SSSR count). The zero-order chi connectivity index (χ0) is 10.3. The number of alkyl halides is 1. The number of hydrogen-bond acceptors (Lipinski definition) is 2. The number of rotatable bonds is 5. The lowest BCUT2D eigenvalue weighted by atomic mass is 10.4. The minimum atomic E-state index is -0.202. The number of nitrogens with zero attached hydrogens (tertiary/aromatic N) is 1. The molecule has 0 aromatic carbocycles. The molecule has 0 aliphatic heterocycles. The maximum absolute atomic E-state index is 11.2. The first kappa shape index (κ1) is 12.2. The highest BCUT2D eigenvalue weighted by Crippen LogP contribution is 1.94. The molecule has 0 spiro atoms. The molecule has 0 saturated heterocycles. The molecule has 1 N–H and O–H groups in total. The molecule has 0 aromatic rings. The average Bonchev–Trinajstić information content (AvgIpc) is 2.15. The van der Waals surface area contributed by atoms with Gasteiger partial charge in [0.1, 0.15) is 5.88 Å². The van der Waals surface area contributed by atoms with Gasteiger partial charge in [-0.2, -0.15) is 0 Å². The van der Waals surface area contributed by atoms with Gasteiger partial charge < -0.3 is 10.2 Å². The lowest BCUT2D eigenvalue weighted by molar-refractivity contribution is -0.133. The van der Waals surface area contributed by atoms with Crippen LogP contribution in [0.15, 0.2) is 0 Å². The Bertz CT molecular complexity index is 185. The molecule has 0 saturated carbocycles. The Hall–Kier alpha value is -0.770. The molecule has 0 aliphatic rings. The number of carbonyl (C=O) groups is 2. The Kier molecular flexibility index (Phi) is 6.32. The van der Waals surface area contributed by atoms with Crippen LogP contribution in [0.2, 0.25) is 0 Å². The summed E-state index contributed by atoms with van der Waals surface area (Å²) < 4.78 is 0. The fraction of sp³-hybridized carbons (Fsp3) is 0.750. The Morgan fingerprint density at radius 2 is 2.08 bits per heavy atom. The number of nitrogens with one attached hydrogen (secondary N) is 1. The normalized spacial score (nSPS) is 9.46. The second-order valence-electron chi connectivity index (χ2n) is 2.62. The number of halogens is 1. The van der Waals surface area contributed by atoms with E-state index in [0.29, 0.717) is 6.54 Å². The van der Waals surface area contributed by atoms with Gasteiger partial charge in [0.25, 0.3) is 0 Å². The molecule has 13 heavy (non-hydrogen) atoms. The van der Waals surface area contributed by atoms with Gasteiger partial charge in [0.2, 0.25) is 11.8 Å². The molecule has 5 heteroatoms. The van der Waals surface area contributed by atoms with Crippen LogP contribution in [0, 0.1) is 0 Å². The molecule has 0 radical (unpaired) electrons. The van der Waals surface area contributed by atoms with E-state index in [2.05, 4.69) is 5.32 Å². The van der Waals surface area contributed by atoms with Gasteiger partial charge in [-0.1, -0.05) is 6.92 Å². The largest absolute Gasteiger partial charge is 0.358 e. The fourth-order valence-electron chi connectivity index (χ4n) is 0.899. The van der Waals surface area contributed by atoms with Crippen LogP contribution in [0.3, 0.4) is 0 Å². The molecular formula is C8H15ClN2O2. The quantitative estimate of drug-likeness (QED) is 0.654. The van der Waals surface area contributed by atoms with Crippen LogP contribution in [0.4, 0.5) is 0 Å². The van der Waals surface area contributed by atoms with E-state index in [1.807, 2.05) is 6.92 Å². The highest BCUT2D eigenvalue weighted by molar-refractivity contribution is 6.27. The smallest absolute Gasteiger partial charge is 0.239 e. The zero-order valence-electron chi connectivity index (χ0n) is 7.97. The van der Waals surface area contributed by atoms with E-state index < -0.39 is 0 Å². The average molecular weight is 207 g/mol. The molecule has 0 heterocycles. The van der Waals surface area contributed by atoms with Crippen LogP contribution >= 0.6 is 11.6 Å². The molecule has 0 bridgehead atoms. The van der Waals surface area contributed by atoms with Crippen molar-refractivity contribution in [2.45, 2.75) is 13.3 Å². The topological polar surface area (TPSA) is 49.4 Å². The molecule has 0 aromatic heterocycles. The van der Waals surface area contributed by atoms with Crippen LogP contribution in [0.5, 0.6) is 0 Å². The van der Waals surface area contributed by atoms with Crippen molar-refractivity contribution in [3.8, 4) is 0 Å². The Labute approximate surface area is 83.2 Å². The predicted molar refractivity (Wildman–Crippen MR) is 51.7 cm³/mol. The first-order valence-corrected chi connectivity index (χ1v) is 4.73. The van der Waals surface area contributed by atoms with Crippen molar-refractivity contribution in [3.05, 3.63) is 0 Å². The summed E-state index contributed by atoms with van der Waals surface area (Å²) in [6.07, 6.45) is 0.819. The van der Waals surface area contributed by atoms with Crippen LogP contribution in [0.1, 0.15) is 13.3 Å². The highest BCUT2D eigenvalue weighted by Gasteiger charge is 2.13. The maximum Gasteiger partial charge on any atom is 0.239 e. The van der Waals surface area contributed by atoms with E-state index in [0.717, 1.165) is 6.42 Å². The molecule has 76 valence electrons. The maximum atomic E-state index is 11.2. The molecule has 0 atom stereocenters. The van der Waals surface area contributed by atoms with Gasteiger partial charge in [-0.15, -0.1) is 11.6 Å². The van der Waals surface area contributed by atoms with Crippen molar-refractivity contribution in [1.29, 1.82) is 0 Å². The Balaban J connectivity index is 4.08. The minimum absolute atomic E-state index is 0.0724. The SMILES string of the molecule is CCCN(CC(=O)NC)C(=O)CCl. The molecule has 0 unspecified atom stereocenters. The first-order chi connectivity index (χ1) is 6.15. The molecule has 2 amide bonds. The van der Waals surface area contributed by atoms with Crippen LogP contribution < -0.4 is 5.32 Å². The second-order valence-corrected chi connectivity index (χ2v) is 2.89. The lowest BCUT2D eigenvalue weighted by Crippen LogP contribution is -2.40. The van der Waals surface area contributed by atoms with Gasteiger partial charge in [-0.3, -0.25) is 9.59 Å². The van der Waals surface area contributed by atoms with Gasteiger partial charge in [0.05, 0.1) is 6.54 Å². The van der Waals surface area contributed by atoms with E-state index in [4.69, 9.17) is 11.6 Å². The summed E-state index contributed by atoms with van der Waals surface area (Å²) in [7, 11) is 1.54. The lowest BCUT2D eigenvalue weighted by Gasteiger charge is -2.19. The van der Waals surface area contributed by atoms with Gasteiger partial charge in [-0.05, 0) is 6.42 Å². The first-order valence-electron chi connectivity index (χ1n) is 4.20. The van der Waals surface area contributed by atoms with Crippen molar-refractivity contribution < 1.29 is 9.59 Å². The van der Waals surface area contributed by atoms with Crippen LogP contribution in [-0.2, 0) is 9.59 Å². The van der Waals surface area contributed by atoms with Gasteiger partial charge >= 0.3 is 0 Å². The summed E-state index contributed by atoms with van der Waals surface area (Å²) in [4.78, 5) is 23.6. The number of amides is 2. The van der Waals surface area contributed by atoms with Crippen LogP contribution in [0.25, 0.3) is 0 Å². The van der Waals surface area contributed by atoms with Gasteiger partial charge in [0.15, 0.2) is 0 Å². The van der Waals surface area contributed by atoms with E-state index in [1.54, 1.807) is 0 Å². The summed E-state index contributed by atoms with van der Waals surface area (Å²) in [5.74, 6) is -0.448. The standard InChI is InChI=1S/C8H15ClN2O2/c1-3-4-11(8(13)5-9)6-7(12)10-2/h3-6H2,1-2H3,(H,10,12). The van der Waals surface area contributed by atoms with E-state index in [-0.39, 0.29) is 24.2 Å². The molecular weight excluding hydrogens is 192 g/mol. The van der Waals surface area contributed by atoms with Crippen molar-refractivity contribution in [2.75, 3.05) is 26.0 Å². The Morgan fingerprint density at radius 1 is 1.46 bits per heavy atom. The summed E-state index contributed by atoms with van der Waals surface area (Å²) in [6, 6.07) is 0. The third-order valence-electron chi connectivity index (χ3n) is 1.57. The number of carbonyl (C=O) groups excluding carboxylic acids is 2. The fourth-order valence-corrected chi connectivity index (χ4v) is 1.07.